The fourth-order valence-electron chi connectivity index (χ4n) is 3.24. The molecule has 6 amide bonds. The van der Waals surface area contributed by atoms with Gasteiger partial charge in [0.25, 0.3) is 5.91 Å². The molecule has 0 aromatic heterocycles. The van der Waals surface area contributed by atoms with Gasteiger partial charge < -0.3 is 10.6 Å². The topological polar surface area (TPSA) is 142 Å². The number of urea groups is 2. The highest BCUT2D eigenvalue weighted by molar-refractivity contribution is 7.91. The lowest BCUT2D eigenvalue weighted by molar-refractivity contribution is -0.134. The van der Waals surface area contributed by atoms with Crippen molar-refractivity contribution in [1.29, 1.82) is 0 Å². The number of amides is 6. The first-order valence-electron chi connectivity index (χ1n) is 8.05. The van der Waals surface area contributed by atoms with Crippen LogP contribution in [-0.2, 0) is 19.4 Å². The van der Waals surface area contributed by atoms with Crippen molar-refractivity contribution in [2.45, 2.75) is 37.8 Å². The van der Waals surface area contributed by atoms with Gasteiger partial charge in [0.15, 0.2) is 9.84 Å². The van der Waals surface area contributed by atoms with Crippen LogP contribution in [0, 0.1) is 5.92 Å². The van der Waals surface area contributed by atoms with Crippen LogP contribution in [0.3, 0.4) is 0 Å². The van der Waals surface area contributed by atoms with E-state index in [1.165, 1.54) is 0 Å². The molecule has 2 aliphatic heterocycles. The lowest BCUT2D eigenvalue weighted by Crippen LogP contribution is -2.49. The Morgan fingerprint density at radius 3 is 2.52 bits per heavy atom. The monoisotopic (exact) mass is 372 g/mol. The predicted octanol–water partition coefficient (Wildman–Crippen LogP) is -1.28. The Morgan fingerprint density at radius 2 is 1.96 bits per heavy atom. The SMILES string of the molecule is C[C@@]1(C2CC2)NC(=O)N(CC(=O)NC(=O)N[C@@H]2CCS(=O)(=O)C2)C1=O. The van der Waals surface area contributed by atoms with Crippen molar-refractivity contribution in [1.82, 2.24) is 20.9 Å². The van der Waals surface area contributed by atoms with Gasteiger partial charge in [-0.25, -0.2) is 18.0 Å². The summed E-state index contributed by atoms with van der Waals surface area (Å²) in [6.07, 6.45) is 1.97. The van der Waals surface area contributed by atoms with Crippen LogP contribution >= 0.6 is 0 Å². The lowest BCUT2D eigenvalue weighted by atomic mass is 9.96. The Kier molecular flexibility index (Phi) is 4.21. The highest BCUT2D eigenvalue weighted by atomic mass is 32.2. The van der Waals surface area contributed by atoms with Crippen molar-refractivity contribution in [2.24, 2.45) is 5.92 Å². The Bertz CT molecular complexity index is 746. The first-order chi connectivity index (χ1) is 11.6. The van der Waals surface area contributed by atoms with E-state index < -0.39 is 51.8 Å². The van der Waals surface area contributed by atoms with E-state index in [9.17, 15) is 27.6 Å². The zero-order valence-corrected chi connectivity index (χ0v) is 14.5. The fraction of sp³-hybridized carbons (Fsp3) is 0.714. The van der Waals surface area contributed by atoms with Gasteiger partial charge in [-0.3, -0.25) is 19.8 Å². The molecule has 2 heterocycles. The number of imide groups is 2. The summed E-state index contributed by atoms with van der Waals surface area (Å²) in [7, 11) is -3.15. The van der Waals surface area contributed by atoms with Crippen LogP contribution in [-0.4, -0.2) is 66.8 Å². The maximum absolute atomic E-state index is 12.4. The molecule has 11 heteroatoms. The number of hydrogen-bond donors (Lipinski definition) is 3. The van der Waals surface area contributed by atoms with Gasteiger partial charge in [-0.1, -0.05) is 0 Å². The van der Waals surface area contributed by atoms with Crippen molar-refractivity contribution >= 4 is 33.7 Å². The number of hydrogen-bond acceptors (Lipinski definition) is 6. The van der Waals surface area contributed by atoms with E-state index in [0.29, 0.717) is 0 Å². The molecule has 25 heavy (non-hydrogen) atoms. The number of carbonyl (C=O) groups is 4. The number of rotatable bonds is 4. The van der Waals surface area contributed by atoms with Crippen molar-refractivity contribution in [3.63, 3.8) is 0 Å². The zero-order chi connectivity index (χ0) is 18.4. The van der Waals surface area contributed by atoms with E-state index in [4.69, 9.17) is 0 Å². The molecule has 0 unspecified atom stereocenters. The van der Waals surface area contributed by atoms with Gasteiger partial charge in [-0.05, 0) is 32.1 Å². The van der Waals surface area contributed by atoms with Crippen LogP contribution < -0.4 is 16.0 Å². The van der Waals surface area contributed by atoms with Crippen LogP contribution in [0.25, 0.3) is 0 Å². The fourth-order valence-corrected chi connectivity index (χ4v) is 4.91. The van der Waals surface area contributed by atoms with Gasteiger partial charge in [0.1, 0.15) is 12.1 Å². The van der Waals surface area contributed by atoms with Gasteiger partial charge in [-0.15, -0.1) is 0 Å². The van der Waals surface area contributed by atoms with Crippen LogP contribution in [0.15, 0.2) is 0 Å². The Morgan fingerprint density at radius 1 is 1.28 bits per heavy atom. The van der Waals surface area contributed by atoms with Crippen molar-refractivity contribution in [3.05, 3.63) is 0 Å². The maximum atomic E-state index is 12.4. The van der Waals surface area contributed by atoms with Crippen LogP contribution in [0.4, 0.5) is 9.59 Å². The largest absolute Gasteiger partial charge is 0.334 e. The second kappa shape index (κ2) is 5.97. The first-order valence-corrected chi connectivity index (χ1v) is 9.88. The minimum Gasteiger partial charge on any atom is -0.334 e. The molecule has 1 aliphatic carbocycles. The van der Waals surface area contributed by atoms with Crippen molar-refractivity contribution in [3.8, 4) is 0 Å². The standard InChI is InChI=1S/C14H20N4O6S/c1-14(8-2-3-8)11(20)18(13(22)17-14)6-10(19)16-12(21)15-9-4-5-25(23,24)7-9/h8-9H,2-7H2,1H3,(H,17,22)(H2,15,16,19,21)/t9-,14+/m1/s1. The third kappa shape index (κ3) is 3.60. The van der Waals surface area contributed by atoms with Crippen molar-refractivity contribution in [2.75, 3.05) is 18.1 Å². The molecule has 3 fully saturated rings. The van der Waals surface area contributed by atoms with E-state index in [2.05, 4.69) is 10.6 Å². The van der Waals surface area contributed by atoms with Crippen molar-refractivity contribution < 1.29 is 27.6 Å². The first kappa shape index (κ1) is 17.6. The average Bonchev–Trinajstić information content (AvgIpc) is 3.25. The average molecular weight is 372 g/mol. The minimum absolute atomic E-state index is 0.00586. The molecule has 3 aliphatic rings. The molecule has 138 valence electrons. The van der Waals surface area contributed by atoms with Gasteiger partial charge in [0.05, 0.1) is 11.5 Å². The second-order valence-corrected chi connectivity index (χ2v) is 9.15. The van der Waals surface area contributed by atoms with E-state index in [-0.39, 0.29) is 23.8 Å². The molecule has 0 aromatic rings. The predicted molar refractivity (Wildman–Crippen MR) is 85.1 cm³/mol. The molecule has 0 radical (unpaired) electrons. The van der Waals surface area contributed by atoms with Gasteiger partial charge in [-0.2, -0.15) is 0 Å². The second-order valence-electron chi connectivity index (χ2n) is 6.92. The summed E-state index contributed by atoms with van der Waals surface area (Å²) in [4.78, 5) is 48.8. The van der Waals surface area contributed by atoms with Gasteiger partial charge in [0, 0.05) is 6.04 Å². The Labute approximate surface area is 144 Å². The summed E-state index contributed by atoms with van der Waals surface area (Å²) in [6, 6.07) is -2.05. The molecule has 0 spiro atoms. The quantitative estimate of drug-likeness (QED) is 0.525. The zero-order valence-electron chi connectivity index (χ0n) is 13.7. The van der Waals surface area contributed by atoms with Crippen LogP contribution in [0.5, 0.6) is 0 Å². The molecule has 0 bridgehead atoms. The van der Waals surface area contributed by atoms with Crippen LogP contribution in [0.1, 0.15) is 26.2 Å². The van der Waals surface area contributed by atoms with Crippen LogP contribution in [0.2, 0.25) is 0 Å². The van der Waals surface area contributed by atoms with Gasteiger partial charge in [0.2, 0.25) is 5.91 Å². The minimum atomic E-state index is -3.15. The van der Waals surface area contributed by atoms with Gasteiger partial charge >= 0.3 is 12.1 Å². The lowest BCUT2D eigenvalue weighted by Gasteiger charge is -2.20. The highest BCUT2D eigenvalue weighted by Crippen LogP contribution is 2.42. The molecular weight excluding hydrogens is 352 g/mol. The normalized spacial score (nSPS) is 30.9. The molecule has 3 rings (SSSR count). The number of carbonyl (C=O) groups excluding carboxylic acids is 4. The molecule has 2 saturated heterocycles. The Balaban J connectivity index is 1.51. The molecule has 1 saturated carbocycles. The summed E-state index contributed by atoms with van der Waals surface area (Å²) in [6.45, 7) is 1.07. The molecule has 2 atom stereocenters. The smallest absolute Gasteiger partial charge is 0.325 e. The summed E-state index contributed by atoms with van der Waals surface area (Å²) in [5, 5.41) is 7.03. The summed E-state index contributed by atoms with van der Waals surface area (Å²) >= 11 is 0. The van der Waals surface area contributed by atoms with E-state index in [1.54, 1.807) is 6.92 Å². The third-order valence-corrected chi connectivity index (χ3v) is 6.59. The summed E-state index contributed by atoms with van der Waals surface area (Å²) in [5.41, 5.74) is -0.988. The Hall–Kier alpha value is -2.17. The number of nitrogens with one attached hydrogen (secondary N) is 3. The summed E-state index contributed by atoms with van der Waals surface area (Å²) < 4.78 is 22.7. The van der Waals surface area contributed by atoms with E-state index in [0.717, 1.165) is 17.7 Å². The van der Waals surface area contributed by atoms with E-state index in [1.807, 2.05) is 5.32 Å². The molecule has 0 aromatic carbocycles. The highest BCUT2D eigenvalue weighted by Gasteiger charge is 2.56. The third-order valence-electron chi connectivity index (χ3n) is 4.82. The number of sulfone groups is 1. The number of nitrogens with zero attached hydrogens (tertiary/aromatic N) is 1. The maximum Gasteiger partial charge on any atom is 0.325 e. The molecule has 10 nitrogen and oxygen atoms in total. The summed E-state index contributed by atoms with van der Waals surface area (Å²) in [5.74, 6) is -1.39. The molecular formula is C14H20N4O6S. The van der Waals surface area contributed by atoms with E-state index >= 15 is 0 Å². The molecule has 3 N–H and O–H groups in total.